The van der Waals surface area contributed by atoms with Crippen LogP contribution in [0.1, 0.15) is 22.3 Å². The molecule has 1 heterocycles. The minimum Gasteiger partial charge on any atom is -0.455 e. The summed E-state index contributed by atoms with van der Waals surface area (Å²) in [6, 6.07) is 95.1. The summed E-state index contributed by atoms with van der Waals surface area (Å²) in [4.78, 5) is 2.45. The van der Waals surface area contributed by atoms with Gasteiger partial charge in [0.25, 0.3) is 0 Å². The summed E-state index contributed by atoms with van der Waals surface area (Å²) in [5, 5.41) is 4.72. The van der Waals surface area contributed by atoms with Crippen molar-refractivity contribution < 1.29 is 4.42 Å². The molecule has 0 saturated carbocycles. The van der Waals surface area contributed by atoms with Gasteiger partial charge in [-0.1, -0.05) is 224 Å². The highest BCUT2D eigenvalue weighted by Crippen LogP contribution is 2.57. The van der Waals surface area contributed by atoms with Gasteiger partial charge in [0.15, 0.2) is 0 Å². The molecule has 0 fully saturated rings. The lowest BCUT2D eigenvalue weighted by Gasteiger charge is -2.35. The third-order valence-electron chi connectivity index (χ3n) is 14.0. The summed E-state index contributed by atoms with van der Waals surface area (Å²) in [6.45, 7) is 0. The topological polar surface area (TPSA) is 16.4 Å². The van der Waals surface area contributed by atoms with E-state index in [1.807, 2.05) is 6.07 Å². The van der Waals surface area contributed by atoms with Crippen LogP contribution >= 0.6 is 0 Å². The van der Waals surface area contributed by atoms with Crippen LogP contribution < -0.4 is 4.90 Å². The van der Waals surface area contributed by atoms with E-state index in [9.17, 15) is 0 Å². The minimum absolute atomic E-state index is 0.552. The number of hydrogen-bond acceptors (Lipinski definition) is 2. The average molecular weight is 854 g/mol. The Morgan fingerprint density at radius 1 is 0.313 bits per heavy atom. The molecule has 1 aliphatic carbocycles. The van der Waals surface area contributed by atoms with Crippen molar-refractivity contribution in [3.8, 4) is 44.5 Å². The van der Waals surface area contributed by atoms with E-state index >= 15 is 0 Å². The number of benzene rings is 11. The van der Waals surface area contributed by atoms with Crippen LogP contribution in [0.2, 0.25) is 0 Å². The largest absolute Gasteiger partial charge is 0.455 e. The van der Waals surface area contributed by atoms with Crippen molar-refractivity contribution >= 4 is 49.8 Å². The zero-order valence-electron chi connectivity index (χ0n) is 36.7. The van der Waals surface area contributed by atoms with Gasteiger partial charge in [0.2, 0.25) is 0 Å². The second kappa shape index (κ2) is 15.8. The molecule has 67 heavy (non-hydrogen) atoms. The Hall–Kier alpha value is -8.72. The number of fused-ring (bicyclic) bond motifs is 7. The van der Waals surface area contributed by atoms with E-state index in [1.165, 1.54) is 55.3 Å². The molecule has 0 aliphatic heterocycles. The van der Waals surface area contributed by atoms with Crippen molar-refractivity contribution in [2.45, 2.75) is 5.41 Å². The second-order valence-electron chi connectivity index (χ2n) is 17.5. The van der Waals surface area contributed by atoms with Crippen LogP contribution in [0.5, 0.6) is 0 Å². The third-order valence-corrected chi connectivity index (χ3v) is 14.0. The number of nitrogens with zero attached hydrogens (tertiary/aromatic N) is 1. The van der Waals surface area contributed by atoms with Crippen LogP contribution in [-0.2, 0) is 5.41 Å². The first-order chi connectivity index (χ1) is 33.2. The Kier molecular flexibility index (Phi) is 9.11. The molecule has 0 bridgehead atoms. The lowest BCUT2D eigenvalue weighted by molar-refractivity contribution is 0.670. The van der Waals surface area contributed by atoms with Crippen molar-refractivity contribution in [2.24, 2.45) is 0 Å². The second-order valence-corrected chi connectivity index (χ2v) is 17.5. The van der Waals surface area contributed by atoms with E-state index < -0.39 is 5.41 Å². The Morgan fingerprint density at radius 2 is 0.881 bits per heavy atom. The normalized spacial score (nSPS) is 12.6. The van der Waals surface area contributed by atoms with Gasteiger partial charge >= 0.3 is 0 Å². The first-order valence-electron chi connectivity index (χ1n) is 23.1. The number of hydrogen-bond donors (Lipinski definition) is 0. The fourth-order valence-electron chi connectivity index (χ4n) is 11.0. The SMILES string of the molecule is c1ccc(C2(c3ccccc3)c3ccccc3-c3ccc(N(c4cccc(-c5ccc(-c6cccc7ccccc67)cc5)c4)c4ccccc4-c4cccc5c4oc4ccccc45)cc32)cc1. The van der Waals surface area contributed by atoms with Crippen LogP contribution in [0.4, 0.5) is 17.1 Å². The molecule has 0 saturated heterocycles. The highest BCUT2D eigenvalue weighted by Gasteiger charge is 2.46. The molecule has 0 unspecified atom stereocenters. The Labute approximate surface area is 390 Å². The molecule has 11 aromatic carbocycles. The Bertz CT molecular complexity index is 3760. The Balaban J connectivity index is 1.03. The molecule has 13 rings (SSSR count). The maximum Gasteiger partial charge on any atom is 0.143 e. The van der Waals surface area contributed by atoms with E-state index in [0.717, 1.165) is 61.3 Å². The smallest absolute Gasteiger partial charge is 0.143 e. The zero-order valence-corrected chi connectivity index (χ0v) is 36.7. The summed E-state index contributed by atoms with van der Waals surface area (Å²) >= 11 is 0. The quantitative estimate of drug-likeness (QED) is 0.151. The monoisotopic (exact) mass is 853 g/mol. The molecular weight excluding hydrogens is 811 g/mol. The predicted octanol–water partition coefficient (Wildman–Crippen LogP) is 17.6. The zero-order chi connectivity index (χ0) is 44.3. The van der Waals surface area contributed by atoms with Gasteiger partial charge in [0.05, 0.1) is 11.1 Å². The number of anilines is 3. The summed E-state index contributed by atoms with van der Waals surface area (Å²) in [7, 11) is 0. The first kappa shape index (κ1) is 38.7. The van der Waals surface area contributed by atoms with Crippen molar-refractivity contribution in [1.29, 1.82) is 0 Å². The number of para-hydroxylation sites is 3. The van der Waals surface area contributed by atoms with Gasteiger partial charge in [0.1, 0.15) is 11.2 Å². The van der Waals surface area contributed by atoms with E-state index in [0.29, 0.717) is 0 Å². The number of rotatable bonds is 8. The number of furan rings is 1. The molecule has 0 spiro atoms. The van der Waals surface area contributed by atoms with Gasteiger partial charge in [-0.2, -0.15) is 0 Å². The van der Waals surface area contributed by atoms with Gasteiger partial charge < -0.3 is 9.32 Å². The van der Waals surface area contributed by atoms with Crippen LogP contribution in [0.15, 0.2) is 265 Å². The van der Waals surface area contributed by atoms with Crippen LogP contribution in [0, 0.1) is 0 Å². The average Bonchev–Trinajstić information content (AvgIpc) is 3.93. The highest BCUT2D eigenvalue weighted by molar-refractivity contribution is 6.11. The Morgan fingerprint density at radius 3 is 1.70 bits per heavy atom. The molecule has 0 N–H and O–H groups in total. The highest BCUT2D eigenvalue weighted by atomic mass is 16.3. The molecule has 314 valence electrons. The van der Waals surface area contributed by atoms with E-state index in [2.05, 4.69) is 260 Å². The molecule has 2 heteroatoms. The predicted molar refractivity (Wildman–Crippen MR) is 280 cm³/mol. The first-order valence-corrected chi connectivity index (χ1v) is 23.1. The van der Waals surface area contributed by atoms with Gasteiger partial charge in [-0.15, -0.1) is 0 Å². The molecule has 0 amide bonds. The summed E-state index contributed by atoms with van der Waals surface area (Å²) < 4.78 is 6.73. The van der Waals surface area contributed by atoms with E-state index in [4.69, 9.17) is 4.42 Å². The molecule has 1 aliphatic rings. The van der Waals surface area contributed by atoms with Crippen molar-refractivity contribution in [1.82, 2.24) is 0 Å². The summed E-state index contributed by atoms with van der Waals surface area (Å²) in [5.74, 6) is 0. The fraction of sp³-hybridized carbons (Fsp3) is 0.0154. The molecule has 12 aromatic rings. The maximum absolute atomic E-state index is 6.73. The van der Waals surface area contributed by atoms with Gasteiger partial charge in [-0.3, -0.25) is 0 Å². The van der Waals surface area contributed by atoms with E-state index in [-0.39, 0.29) is 0 Å². The van der Waals surface area contributed by atoms with Gasteiger partial charge in [-0.05, 0) is 103 Å². The third kappa shape index (κ3) is 6.18. The van der Waals surface area contributed by atoms with Crippen LogP contribution in [0.3, 0.4) is 0 Å². The van der Waals surface area contributed by atoms with Crippen molar-refractivity contribution in [2.75, 3.05) is 4.90 Å². The maximum atomic E-state index is 6.73. The lowest BCUT2D eigenvalue weighted by atomic mass is 9.67. The van der Waals surface area contributed by atoms with Crippen LogP contribution in [-0.4, -0.2) is 0 Å². The minimum atomic E-state index is -0.552. The van der Waals surface area contributed by atoms with Gasteiger partial charge in [-0.25, -0.2) is 0 Å². The lowest BCUT2D eigenvalue weighted by Crippen LogP contribution is -2.28. The molecular formula is C65H43NO. The van der Waals surface area contributed by atoms with Gasteiger partial charge in [0, 0.05) is 33.3 Å². The van der Waals surface area contributed by atoms with Crippen molar-refractivity contribution in [3.05, 3.63) is 283 Å². The van der Waals surface area contributed by atoms with E-state index in [1.54, 1.807) is 0 Å². The summed E-state index contributed by atoms with van der Waals surface area (Å²) in [6.07, 6.45) is 0. The molecule has 0 radical (unpaired) electrons. The summed E-state index contributed by atoms with van der Waals surface area (Å²) in [5.41, 5.74) is 18.8. The molecule has 2 nitrogen and oxygen atoms in total. The fourth-order valence-corrected chi connectivity index (χ4v) is 11.0. The molecule has 1 aromatic heterocycles. The standard InChI is InChI=1S/C65H43NO/c1-3-21-48(22-4-1)65(49-23-5-2-6-24-49)60-33-12-9-27-54(60)55-41-40-51(43-61(55)65)66(62-34-13-10-28-56(62)58-31-17-32-59-57-29-11-14-35-63(57)67-64(58)59)50-25-15-20-47(42-50)44-36-38-46(39-37-44)53-30-16-19-45-18-7-8-26-52(45)53/h1-43H. The van der Waals surface area contributed by atoms with Crippen molar-refractivity contribution in [3.63, 3.8) is 0 Å². The van der Waals surface area contributed by atoms with Crippen LogP contribution in [0.25, 0.3) is 77.2 Å². The molecule has 0 atom stereocenters.